The molecule has 0 bridgehead atoms. The largest absolute Gasteiger partial charge is 0.490 e. The van der Waals surface area contributed by atoms with Gasteiger partial charge in [0.15, 0.2) is 0 Å². The van der Waals surface area contributed by atoms with Crippen molar-refractivity contribution in [1.82, 2.24) is 0 Å². The Bertz CT molecular complexity index is 362. The molecule has 1 rings (SSSR count). The highest BCUT2D eigenvalue weighted by molar-refractivity contribution is 9.11. The smallest absolute Gasteiger partial charge is 0.147 e. The van der Waals surface area contributed by atoms with E-state index in [4.69, 9.17) is 16.9 Å². The summed E-state index contributed by atoms with van der Waals surface area (Å²) in [7, 11) is 0. The Morgan fingerprint density at radius 1 is 1.33 bits per heavy atom. The Balaban J connectivity index is 2.84. The van der Waals surface area contributed by atoms with Crippen molar-refractivity contribution in [2.75, 3.05) is 6.61 Å². The molecule has 0 aliphatic heterocycles. The highest BCUT2D eigenvalue weighted by Gasteiger charge is 2.07. The maximum absolute atomic E-state index is 5.55. The summed E-state index contributed by atoms with van der Waals surface area (Å²) < 4.78 is 7.30. The van der Waals surface area contributed by atoms with E-state index >= 15 is 0 Å². The van der Waals surface area contributed by atoms with E-state index in [2.05, 4.69) is 37.8 Å². The molecule has 1 aromatic carbocycles. The summed E-state index contributed by atoms with van der Waals surface area (Å²) in [5.41, 5.74) is 6.59. The molecule has 0 aliphatic rings. The summed E-state index contributed by atoms with van der Waals surface area (Å²) in [6.07, 6.45) is 5.74. The van der Waals surface area contributed by atoms with Crippen LogP contribution in [0.1, 0.15) is 12.0 Å². The van der Waals surface area contributed by atoms with Crippen LogP contribution in [0, 0.1) is 12.3 Å². The predicted octanol–water partition coefficient (Wildman–Crippen LogP) is 3.07. The van der Waals surface area contributed by atoms with Crippen molar-refractivity contribution in [2.24, 2.45) is 5.73 Å². The van der Waals surface area contributed by atoms with Gasteiger partial charge in [-0.15, -0.1) is 12.3 Å². The topological polar surface area (TPSA) is 35.2 Å². The van der Waals surface area contributed by atoms with Gasteiger partial charge in [-0.3, -0.25) is 0 Å². The van der Waals surface area contributed by atoms with Crippen LogP contribution in [-0.2, 0) is 6.54 Å². The first-order chi connectivity index (χ1) is 7.19. The quantitative estimate of drug-likeness (QED) is 0.679. The van der Waals surface area contributed by atoms with Crippen molar-refractivity contribution < 1.29 is 4.74 Å². The fourth-order valence-electron chi connectivity index (χ4n) is 1.08. The molecule has 0 saturated heterocycles. The third kappa shape index (κ3) is 3.53. The summed E-state index contributed by atoms with van der Waals surface area (Å²) in [6, 6.07) is 3.88. The first-order valence-electron chi connectivity index (χ1n) is 4.43. The third-order valence-electron chi connectivity index (χ3n) is 1.79. The summed E-state index contributed by atoms with van der Waals surface area (Å²) in [6.45, 7) is 1.01. The van der Waals surface area contributed by atoms with Crippen molar-refractivity contribution in [3.8, 4) is 18.1 Å². The van der Waals surface area contributed by atoms with Crippen molar-refractivity contribution in [2.45, 2.75) is 13.0 Å². The Morgan fingerprint density at radius 3 is 2.40 bits per heavy atom. The Kier molecular flexibility index (Phi) is 5.16. The molecular weight excluding hydrogens is 322 g/mol. The Labute approximate surface area is 106 Å². The zero-order valence-electron chi connectivity index (χ0n) is 8.09. The third-order valence-corrected chi connectivity index (χ3v) is 2.96. The molecule has 0 atom stereocenters. The van der Waals surface area contributed by atoms with Gasteiger partial charge in [-0.25, -0.2) is 0 Å². The van der Waals surface area contributed by atoms with Crippen molar-refractivity contribution in [3.63, 3.8) is 0 Å². The van der Waals surface area contributed by atoms with E-state index in [0.717, 1.165) is 20.3 Å². The highest BCUT2D eigenvalue weighted by atomic mass is 79.9. The molecule has 1 aromatic rings. The number of hydrogen-bond acceptors (Lipinski definition) is 2. The van der Waals surface area contributed by atoms with E-state index < -0.39 is 0 Å². The van der Waals surface area contributed by atoms with Crippen LogP contribution in [0.25, 0.3) is 0 Å². The summed E-state index contributed by atoms with van der Waals surface area (Å²) in [4.78, 5) is 0. The molecule has 0 radical (unpaired) electrons. The van der Waals surface area contributed by atoms with Crippen LogP contribution in [0.3, 0.4) is 0 Å². The number of terminal acetylenes is 1. The Morgan fingerprint density at radius 2 is 1.93 bits per heavy atom. The standard InChI is InChI=1S/C11H11Br2NO/c1-2-3-4-15-11-9(12)5-8(7-14)6-10(11)13/h1,5-6H,3-4,7,14H2. The number of benzene rings is 1. The van der Waals surface area contributed by atoms with Gasteiger partial charge in [-0.05, 0) is 49.6 Å². The molecule has 2 nitrogen and oxygen atoms in total. The fraction of sp³-hybridized carbons (Fsp3) is 0.273. The van der Waals surface area contributed by atoms with E-state index in [9.17, 15) is 0 Å². The lowest BCUT2D eigenvalue weighted by Gasteiger charge is -2.10. The maximum atomic E-state index is 5.55. The maximum Gasteiger partial charge on any atom is 0.147 e. The van der Waals surface area contributed by atoms with E-state index in [1.807, 2.05) is 12.1 Å². The fourth-order valence-corrected chi connectivity index (χ4v) is 2.59. The highest BCUT2D eigenvalue weighted by Crippen LogP contribution is 2.34. The van der Waals surface area contributed by atoms with Gasteiger partial charge in [0.2, 0.25) is 0 Å². The van der Waals surface area contributed by atoms with E-state index in [0.29, 0.717) is 19.6 Å². The molecule has 0 heterocycles. The number of halogens is 2. The number of ether oxygens (including phenoxy) is 1. The van der Waals surface area contributed by atoms with E-state index in [-0.39, 0.29) is 0 Å². The minimum Gasteiger partial charge on any atom is -0.490 e. The second-order valence-electron chi connectivity index (χ2n) is 2.90. The monoisotopic (exact) mass is 331 g/mol. The lowest BCUT2D eigenvalue weighted by atomic mass is 10.2. The lowest BCUT2D eigenvalue weighted by Crippen LogP contribution is -2.00. The van der Waals surface area contributed by atoms with Crippen LogP contribution in [-0.4, -0.2) is 6.61 Å². The zero-order chi connectivity index (χ0) is 11.3. The Hall–Kier alpha value is -0.500. The number of rotatable bonds is 4. The number of hydrogen-bond donors (Lipinski definition) is 1. The van der Waals surface area contributed by atoms with Gasteiger partial charge in [-0.2, -0.15) is 0 Å². The molecule has 0 amide bonds. The molecular formula is C11H11Br2NO. The first kappa shape index (κ1) is 12.6. The second kappa shape index (κ2) is 6.16. The van der Waals surface area contributed by atoms with Crippen molar-refractivity contribution in [3.05, 3.63) is 26.6 Å². The van der Waals surface area contributed by atoms with E-state index in [1.54, 1.807) is 0 Å². The minimum absolute atomic E-state index is 0.502. The molecule has 0 spiro atoms. The summed E-state index contributed by atoms with van der Waals surface area (Å²) in [5, 5.41) is 0. The molecule has 0 aliphatic carbocycles. The molecule has 80 valence electrons. The first-order valence-corrected chi connectivity index (χ1v) is 6.02. The molecule has 0 fully saturated rings. The van der Waals surface area contributed by atoms with Gasteiger partial charge in [-0.1, -0.05) is 0 Å². The summed E-state index contributed by atoms with van der Waals surface area (Å²) >= 11 is 6.86. The van der Waals surface area contributed by atoms with Crippen LogP contribution >= 0.6 is 31.9 Å². The molecule has 0 unspecified atom stereocenters. The van der Waals surface area contributed by atoms with E-state index in [1.165, 1.54) is 0 Å². The van der Waals surface area contributed by atoms with Gasteiger partial charge in [0, 0.05) is 13.0 Å². The van der Waals surface area contributed by atoms with Gasteiger partial charge in [0.25, 0.3) is 0 Å². The van der Waals surface area contributed by atoms with Crippen molar-refractivity contribution >= 4 is 31.9 Å². The van der Waals surface area contributed by atoms with Crippen LogP contribution < -0.4 is 10.5 Å². The van der Waals surface area contributed by atoms with Crippen LogP contribution in [0.5, 0.6) is 5.75 Å². The normalized spacial score (nSPS) is 9.73. The molecule has 2 N–H and O–H groups in total. The average molecular weight is 333 g/mol. The zero-order valence-corrected chi connectivity index (χ0v) is 11.3. The summed E-state index contributed by atoms with van der Waals surface area (Å²) in [5.74, 6) is 3.29. The number of nitrogens with two attached hydrogens (primary N) is 1. The van der Waals surface area contributed by atoms with Crippen LogP contribution in [0.4, 0.5) is 0 Å². The van der Waals surface area contributed by atoms with Gasteiger partial charge >= 0.3 is 0 Å². The lowest BCUT2D eigenvalue weighted by molar-refractivity contribution is 0.323. The molecule has 0 saturated carbocycles. The average Bonchev–Trinajstić information content (AvgIpc) is 2.22. The van der Waals surface area contributed by atoms with Crippen LogP contribution in [0.15, 0.2) is 21.1 Å². The van der Waals surface area contributed by atoms with Gasteiger partial charge < -0.3 is 10.5 Å². The van der Waals surface area contributed by atoms with Gasteiger partial charge in [0.1, 0.15) is 5.75 Å². The predicted molar refractivity (Wildman–Crippen MR) is 68.7 cm³/mol. The molecule has 15 heavy (non-hydrogen) atoms. The van der Waals surface area contributed by atoms with Crippen LogP contribution in [0.2, 0.25) is 0 Å². The van der Waals surface area contributed by atoms with Gasteiger partial charge in [0.05, 0.1) is 15.6 Å². The molecule has 0 aromatic heterocycles. The van der Waals surface area contributed by atoms with Crippen molar-refractivity contribution in [1.29, 1.82) is 0 Å². The minimum atomic E-state index is 0.502. The molecule has 4 heteroatoms. The second-order valence-corrected chi connectivity index (χ2v) is 4.60. The SMILES string of the molecule is C#CCCOc1c(Br)cc(CN)cc1Br.